The van der Waals surface area contributed by atoms with Crippen molar-refractivity contribution in [2.75, 3.05) is 0 Å². The second kappa shape index (κ2) is 3.86. The molecule has 3 rings (SSSR count). The molecular formula is C15H18O2. The average Bonchev–Trinajstić information content (AvgIpc) is 2.91. The van der Waals surface area contributed by atoms with Crippen LogP contribution in [-0.4, -0.2) is 11.1 Å². The van der Waals surface area contributed by atoms with Crippen LogP contribution in [0.1, 0.15) is 31.2 Å². The Morgan fingerprint density at radius 3 is 2.59 bits per heavy atom. The van der Waals surface area contributed by atoms with Gasteiger partial charge in [-0.2, -0.15) is 0 Å². The van der Waals surface area contributed by atoms with Gasteiger partial charge in [0.15, 0.2) is 0 Å². The van der Waals surface area contributed by atoms with E-state index in [1.54, 1.807) is 0 Å². The van der Waals surface area contributed by atoms with Gasteiger partial charge in [0.1, 0.15) is 0 Å². The van der Waals surface area contributed by atoms with Crippen LogP contribution in [0, 0.1) is 17.3 Å². The smallest absolute Gasteiger partial charge is 0.310 e. The quantitative estimate of drug-likeness (QED) is 0.866. The molecule has 90 valence electrons. The van der Waals surface area contributed by atoms with E-state index < -0.39 is 11.4 Å². The molecule has 3 atom stereocenters. The van der Waals surface area contributed by atoms with Gasteiger partial charge < -0.3 is 5.11 Å². The van der Waals surface area contributed by atoms with Crippen molar-refractivity contribution in [3.8, 4) is 0 Å². The molecule has 0 amide bonds. The van der Waals surface area contributed by atoms with E-state index in [-0.39, 0.29) is 0 Å². The highest BCUT2D eigenvalue weighted by molar-refractivity contribution is 5.76. The number of carboxylic acids is 1. The number of benzene rings is 1. The Balaban J connectivity index is 1.89. The Bertz CT molecular complexity index is 426. The number of rotatable bonds is 3. The van der Waals surface area contributed by atoms with Crippen LogP contribution in [0.25, 0.3) is 0 Å². The van der Waals surface area contributed by atoms with Gasteiger partial charge in [0.25, 0.3) is 0 Å². The summed E-state index contributed by atoms with van der Waals surface area (Å²) in [6.07, 6.45) is 5.10. The van der Waals surface area contributed by atoms with Crippen LogP contribution in [0.4, 0.5) is 0 Å². The van der Waals surface area contributed by atoms with Crippen molar-refractivity contribution >= 4 is 5.97 Å². The maximum absolute atomic E-state index is 11.7. The van der Waals surface area contributed by atoms with Gasteiger partial charge in [-0.1, -0.05) is 36.8 Å². The minimum atomic E-state index is -0.575. The molecule has 0 unspecified atom stereocenters. The zero-order chi connectivity index (χ0) is 11.9. The number of aliphatic carboxylic acids is 1. The first-order valence-corrected chi connectivity index (χ1v) is 6.48. The van der Waals surface area contributed by atoms with E-state index in [1.165, 1.54) is 12.0 Å². The van der Waals surface area contributed by atoms with Crippen molar-refractivity contribution in [1.29, 1.82) is 0 Å². The first kappa shape index (κ1) is 10.8. The average molecular weight is 230 g/mol. The Morgan fingerprint density at radius 1 is 1.29 bits per heavy atom. The van der Waals surface area contributed by atoms with Crippen molar-refractivity contribution in [2.24, 2.45) is 17.3 Å². The number of fused-ring (bicyclic) bond motifs is 2. The number of carboxylic acid groups (broad SMARTS) is 1. The third kappa shape index (κ3) is 1.67. The van der Waals surface area contributed by atoms with Crippen molar-refractivity contribution in [3.05, 3.63) is 35.9 Å². The highest BCUT2D eigenvalue weighted by Gasteiger charge is 2.55. The molecule has 1 aromatic carbocycles. The van der Waals surface area contributed by atoms with Crippen LogP contribution >= 0.6 is 0 Å². The Kier molecular flexibility index (Phi) is 2.46. The lowest BCUT2D eigenvalue weighted by atomic mass is 9.69. The Morgan fingerprint density at radius 2 is 2.06 bits per heavy atom. The summed E-state index contributed by atoms with van der Waals surface area (Å²) in [7, 11) is 0. The van der Waals surface area contributed by atoms with Gasteiger partial charge in [-0.3, -0.25) is 4.79 Å². The first-order valence-electron chi connectivity index (χ1n) is 6.48. The summed E-state index contributed by atoms with van der Waals surface area (Å²) < 4.78 is 0. The van der Waals surface area contributed by atoms with Gasteiger partial charge in [-0.25, -0.2) is 0 Å². The van der Waals surface area contributed by atoms with Crippen molar-refractivity contribution < 1.29 is 9.90 Å². The monoisotopic (exact) mass is 230 g/mol. The van der Waals surface area contributed by atoms with E-state index >= 15 is 0 Å². The van der Waals surface area contributed by atoms with Crippen molar-refractivity contribution in [3.63, 3.8) is 0 Å². The number of carbonyl (C=O) groups is 1. The molecule has 2 aliphatic rings. The topological polar surface area (TPSA) is 37.3 Å². The highest BCUT2D eigenvalue weighted by Crippen LogP contribution is 2.57. The molecule has 2 fully saturated rings. The largest absolute Gasteiger partial charge is 0.481 e. The zero-order valence-electron chi connectivity index (χ0n) is 9.93. The van der Waals surface area contributed by atoms with Gasteiger partial charge in [-0.05, 0) is 43.1 Å². The second-order valence-corrected chi connectivity index (χ2v) is 5.70. The number of hydrogen-bond acceptors (Lipinski definition) is 1. The molecular weight excluding hydrogens is 212 g/mol. The molecule has 1 N–H and O–H groups in total. The van der Waals surface area contributed by atoms with E-state index in [1.807, 2.05) is 18.2 Å². The van der Waals surface area contributed by atoms with E-state index in [4.69, 9.17) is 0 Å². The summed E-state index contributed by atoms with van der Waals surface area (Å²) in [5.74, 6) is 0.499. The summed E-state index contributed by atoms with van der Waals surface area (Å²) in [6.45, 7) is 0. The lowest BCUT2D eigenvalue weighted by molar-refractivity contribution is -0.152. The maximum atomic E-state index is 11.7. The predicted molar refractivity (Wildman–Crippen MR) is 65.7 cm³/mol. The Hall–Kier alpha value is -1.31. The molecule has 0 aromatic heterocycles. The summed E-state index contributed by atoms with van der Waals surface area (Å²) in [6, 6.07) is 10.1. The normalized spacial score (nSPS) is 35.1. The summed E-state index contributed by atoms with van der Waals surface area (Å²) >= 11 is 0. The van der Waals surface area contributed by atoms with Gasteiger partial charge >= 0.3 is 5.97 Å². The van der Waals surface area contributed by atoms with E-state index in [0.29, 0.717) is 18.3 Å². The molecule has 0 saturated heterocycles. The number of hydrogen-bond donors (Lipinski definition) is 1. The molecule has 2 aliphatic carbocycles. The van der Waals surface area contributed by atoms with Crippen LogP contribution in [0.15, 0.2) is 30.3 Å². The molecule has 2 saturated carbocycles. The highest BCUT2D eigenvalue weighted by atomic mass is 16.4. The summed E-state index contributed by atoms with van der Waals surface area (Å²) in [5.41, 5.74) is 0.701. The summed E-state index contributed by atoms with van der Waals surface area (Å²) in [5, 5.41) is 9.65. The SMILES string of the molecule is O=C(O)[C@@]1(Cc2ccccc2)C[C@H]2CC[C@H]1C2. The predicted octanol–water partition coefficient (Wildman–Crippen LogP) is 3.12. The molecule has 1 aromatic rings. The molecule has 2 bridgehead atoms. The van der Waals surface area contributed by atoms with E-state index in [2.05, 4.69) is 12.1 Å². The Labute approximate surface area is 102 Å². The first-order chi connectivity index (χ1) is 8.21. The fraction of sp³-hybridized carbons (Fsp3) is 0.533. The summed E-state index contributed by atoms with van der Waals surface area (Å²) in [4.78, 5) is 11.7. The minimum absolute atomic E-state index is 0.408. The standard InChI is InChI=1S/C15H18O2/c16-14(17)15(9-11-4-2-1-3-5-11)10-12-6-7-13(15)8-12/h1-5,12-13H,6-10H2,(H,16,17)/t12-,13-,15-/m0/s1. The molecule has 2 nitrogen and oxygen atoms in total. The molecule has 0 radical (unpaired) electrons. The van der Waals surface area contributed by atoms with Gasteiger partial charge in [0.2, 0.25) is 0 Å². The zero-order valence-corrected chi connectivity index (χ0v) is 9.93. The maximum Gasteiger partial charge on any atom is 0.310 e. The molecule has 2 heteroatoms. The van der Waals surface area contributed by atoms with Gasteiger partial charge in [0, 0.05) is 0 Å². The van der Waals surface area contributed by atoms with Crippen LogP contribution in [0.3, 0.4) is 0 Å². The van der Waals surface area contributed by atoms with E-state index in [0.717, 1.165) is 19.3 Å². The van der Waals surface area contributed by atoms with Crippen LogP contribution in [0.5, 0.6) is 0 Å². The lowest BCUT2D eigenvalue weighted by Crippen LogP contribution is -2.38. The van der Waals surface area contributed by atoms with Crippen LogP contribution in [0.2, 0.25) is 0 Å². The van der Waals surface area contributed by atoms with Gasteiger partial charge in [-0.15, -0.1) is 0 Å². The lowest BCUT2D eigenvalue weighted by Gasteiger charge is -2.33. The van der Waals surface area contributed by atoms with Gasteiger partial charge in [0.05, 0.1) is 5.41 Å². The fourth-order valence-corrected chi connectivity index (χ4v) is 3.96. The fourth-order valence-electron chi connectivity index (χ4n) is 3.96. The van der Waals surface area contributed by atoms with E-state index in [9.17, 15) is 9.90 Å². The van der Waals surface area contributed by atoms with Crippen LogP contribution < -0.4 is 0 Å². The minimum Gasteiger partial charge on any atom is -0.481 e. The third-order valence-electron chi connectivity index (χ3n) is 4.76. The van der Waals surface area contributed by atoms with Crippen LogP contribution in [-0.2, 0) is 11.2 Å². The third-order valence-corrected chi connectivity index (χ3v) is 4.76. The van der Waals surface area contributed by atoms with Crippen molar-refractivity contribution in [1.82, 2.24) is 0 Å². The van der Waals surface area contributed by atoms with Crippen molar-refractivity contribution in [2.45, 2.75) is 32.1 Å². The molecule has 0 heterocycles. The second-order valence-electron chi connectivity index (χ2n) is 5.70. The molecule has 0 spiro atoms. The molecule has 17 heavy (non-hydrogen) atoms. The molecule has 0 aliphatic heterocycles.